The zero-order valence-electron chi connectivity index (χ0n) is 20.8. The number of urea groups is 1. The molecule has 0 spiro atoms. The topological polar surface area (TPSA) is 104 Å². The summed E-state index contributed by atoms with van der Waals surface area (Å²) < 4.78 is 11.0. The van der Waals surface area contributed by atoms with Gasteiger partial charge in [0.05, 0.1) is 24.9 Å². The molecule has 0 fully saturated rings. The summed E-state index contributed by atoms with van der Waals surface area (Å²) in [6.07, 6.45) is 0. The molecule has 4 N–H and O–H groups in total. The highest BCUT2D eigenvalue weighted by Gasteiger charge is 2.22. The van der Waals surface area contributed by atoms with Crippen molar-refractivity contribution < 1.29 is 19.1 Å². The van der Waals surface area contributed by atoms with Crippen LogP contribution in [-0.2, 0) is 6.54 Å². The summed E-state index contributed by atoms with van der Waals surface area (Å²) >= 11 is 0. The van der Waals surface area contributed by atoms with E-state index in [1.807, 2.05) is 74.5 Å². The second-order valence-electron chi connectivity index (χ2n) is 8.28. The van der Waals surface area contributed by atoms with Crippen molar-refractivity contribution in [1.29, 1.82) is 0 Å². The number of carbonyl (C=O) groups is 2. The van der Waals surface area contributed by atoms with Crippen LogP contribution in [0.2, 0.25) is 0 Å². The summed E-state index contributed by atoms with van der Waals surface area (Å²) in [5, 5.41) is 9.28. The lowest BCUT2D eigenvalue weighted by Gasteiger charge is -2.12. The van der Waals surface area contributed by atoms with E-state index in [4.69, 9.17) is 9.47 Å². The van der Waals surface area contributed by atoms with E-state index in [-0.39, 0.29) is 11.9 Å². The molecule has 0 atom stereocenters. The second kappa shape index (κ2) is 10.9. The van der Waals surface area contributed by atoms with Crippen molar-refractivity contribution in [2.24, 2.45) is 0 Å². The lowest BCUT2D eigenvalue weighted by atomic mass is 10.00. The van der Waals surface area contributed by atoms with Crippen molar-refractivity contribution in [3.05, 3.63) is 77.5 Å². The number of carbonyl (C=O) groups excluding carboxylic acids is 2. The van der Waals surface area contributed by atoms with E-state index >= 15 is 0 Å². The number of hydrogen-bond acceptors (Lipinski definition) is 4. The molecule has 1 heterocycles. The number of H-pyrrole nitrogens is 1. The molecule has 0 aliphatic heterocycles. The first-order valence-corrected chi connectivity index (χ1v) is 11.7. The summed E-state index contributed by atoms with van der Waals surface area (Å²) in [6, 6.07) is 18.8. The van der Waals surface area contributed by atoms with Crippen LogP contribution in [-0.4, -0.2) is 37.7 Å². The van der Waals surface area contributed by atoms with Gasteiger partial charge in [0.2, 0.25) is 0 Å². The van der Waals surface area contributed by atoms with E-state index in [2.05, 4.69) is 20.9 Å². The molecule has 0 saturated heterocycles. The van der Waals surface area contributed by atoms with E-state index < -0.39 is 0 Å². The van der Waals surface area contributed by atoms with E-state index in [0.717, 1.165) is 27.6 Å². The molecule has 0 aliphatic rings. The van der Waals surface area contributed by atoms with Crippen LogP contribution in [0.15, 0.2) is 60.7 Å². The fourth-order valence-electron chi connectivity index (χ4n) is 4.17. The Morgan fingerprint density at radius 1 is 1.00 bits per heavy atom. The zero-order chi connectivity index (χ0) is 25.7. The summed E-state index contributed by atoms with van der Waals surface area (Å²) in [7, 11) is 3.14. The van der Waals surface area contributed by atoms with Crippen molar-refractivity contribution in [1.82, 2.24) is 15.6 Å². The predicted molar refractivity (Wildman–Crippen MR) is 142 cm³/mol. The first kappa shape index (κ1) is 24.7. The maximum Gasteiger partial charge on any atom is 0.319 e. The highest BCUT2D eigenvalue weighted by atomic mass is 16.5. The standard InChI is InChI=1S/C28H30N4O4/c1-5-36-22-12-11-18(15-23(22)35-4)16-30-27(33)26-24(19-9-7-6-8-10-19)20-13-17(2)14-21(25(20)32-26)31-28(34)29-3/h6-15,32H,5,16H2,1-4H3,(H,30,33)(H2,29,31,34). The Labute approximate surface area is 210 Å². The van der Waals surface area contributed by atoms with Crippen molar-refractivity contribution in [2.75, 3.05) is 26.1 Å². The number of fused-ring (bicyclic) bond motifs is 1. The SMILES string of the molecule is CCOc1ccc(CNC(=O)c2[nH]c3c(NC(=O)NC)cc(C)cc3c2-c2ccccc2)cc1OC. The Hall–Kier alpha value is -4.46. The lowest BCUT2D eigenvalue weighted by Crippen LogP contribution is -2.24. The number of aryl methyl sites for hydroxylation is 1. The highest BCUT2D eigenvalue weighted by Crippen LogP contribution is 2.37. The predicted octanol–water partition coefficient (Wildman–Crippen LogP) is 5.23. The summed E-state index contributed by atoms with van der Waals surface area (Å²) in [5.41, 5.74) is 5.19. The number of rotatable bonds is 8. The molecule has 0 bridgehead atoms. The van der Waals surface area contributed by atoms with Crippen LogP contribution in [0.25, 0.3) is 22.0 Å². The van der Waals surface area contributed by atoms with Crippen LogP contribution in [0.4, 0.5) is 10.5 Å². The highest BCUT2D eigenvalue weighted by molar-refractivity contribution is 6.13. The zero-order valence-corrected chi connectivity index (χ0v) is 20.8. The average molecular weight is 487 g/mol. The van der Waals surface area contributed by atoms with E-state index in [1.54, 1.807) is 14.2 Å². The molecule has 8 nitrogen and oxygen atoms in total. The fourth-order valence-corrected chi connectivity index (χ4v) is 4.17. The maximum atomic E-state index is 13.5. The van der Waals surface area contributed by atoms with Gasteiger partial charge in [-0.05, 0) is 54.8 Å². The number of methoxy groups -OCH3 is 1. The van der Waals surface area contributed by atoms with E-state index in [9.17, 15) is 9.59 Å². The van der Waals surface area contributed by atoms with Gasteiger partial charge in [-0.2, -0.15) is 0 Å². The van der Waals surface area contributed by atoms with E-state index in [0.29, 0.717) is 41.5 Å². The second-order valence-corrected chi connectivity index (χ2v) is 8.28. The molecule has 8 heteroatoms. The van der Waals surface area contributed by atoms with Crippen molar-refractivity contribution >= 4 is 28.5 Å². The number of anilines is 1. The minimum Gasteiger partial charge on any atom is -0.493 e. The third-order valence-corrected chi connectivity index (χ3v) is 5.80. The van der Waals surface area contributed by atoms with Crippen molar-refractivity contribution in [2.45, 2.75) is 20.4 Å². The molecule has 3 aromatic carbocycles. The minimum atomic E-state index is -0.340. The Morgan fingerprint density at radius 2 is 1.78 bits per heavy atom. The van der Waals surface area contributed by atoms with Crippen LogP contribution in [0.3, 0.4) is 0 Å². The molecule has 0 aliphatic carbocycles. The third-order valence-electron chi connectivity index (χ3n) is 5.80. The molecule has 4 rings (SSSR count). The van der Waals surface area contributed by atoms with Gasteiger partial charge in [-0.15, -0.1) is 0 Å². The van der Waals surface area contributed by atoms with Crippen LogP contribution in [0.1, 0.15) is 28.5 Å². The number of hydrogen-bond donors (Lipinski definition) is 4. The van der Waals surface area contributed by atoms with Crippen LogP contribution in [0, 0.1) is 6.92 Å². The molecule has 1 aromatic heterocycles. The Kier molecular flexibility index (Phi) is 7.44. The molecular formula is C28H30N4O4. The Balaban J connectivity index is 1.72. The van der Waals surface area contributed by atoms with Gasteiger partial charge in [0.15, 0.2) is 11.5 Å². The number of aromatic amines is 1. The molecule has 0 saturated carbocycles. The summed E-state index contributed by atoms with van der Waals surface area (Å²) in [6.45, 7) is 4.70. The molecule has 186 valence electrons. The Morgan fingerprint density at radius 3 is 2.47 bits per heavy atom. The molecule has 3 amide bonds. The van der Waals surface area contributed by atoms with Gasteiger partial charge in [0, 0.05) is 24.5 Å². The molecule has 4 aromatic rings. The molecule has 36 heavy (non-hydrogen) atoms. The largest absolute Gasteiger partial charge is 0.493 e. The van der Waals surface area contributed by atoms with Gasteiger partial charge < -0.3 is 30.4 Å². The minimum absolute atomic E-state index is 0.263. The molecular weight excluding hydrogens is 456 g/mol. The van der Waals surface area contributed by atoms with E-state index in [1.165, 1.54) is 0 Å². The number of aromatic nitrogens is 1. The van der Waals surface area contributed by atoms with Gasteiger partial charge in [0.1, 0.15) is 5.69 Å². The number of ether oxygens (including phenoxy) is 2. The maximum absolute atomic E-state index is 13.5. The molecule has 0 unspecified atom stereocenters. The van der Waals surface area contributed by atoms with Crippen LogP contribution < -0.4 is 25.4 Å². The summed E-state index contributed by atoms with van der Waals surface area (Å²) in [4.78, 5) is 28.8. The number of nitrogens with one attached hydrogen (secondary N) is 4. The average Bonchev–Trinajstić information content (AvgIpc) is 3.28. The third kappa shape index (κ3) is 5.12. The van der Waals surface area contributed by atoms with Gasteiger partial charge in [-0.3, -0.25) is 4.79 Å². The Bertz CT molecular complexity index is 1400. The first-order valence-electron chi connectivity index (χ1n) is 11.7. The quantitative estimate of drug-likeness (QED) is 0.274. The van der Waals surface area contributed by atoms with Crippen molar-refractivity contribution in [3.8, 4) is 22.6 Å². The number of amides is 3. The van der Waals surface area contributed by atoms with Crippen molar-refractivity contribution in [3.63, 3.8) is 0 Å². The van der Waals surface area contributed by atoms with Gasteiger partial charge in [-0.1, -0.05) is 36.4 Å². The number of benzene rings is 3. The van der Waals surface area contributed by atoms with Gasteiger partial charge >= 0.3 is 6.03 Å². The van der Waals surface area contributed by atoms with Gasteiger partial charge in [0.25, 0.3) is 5.91 Å². The fraction of sp³-hybridized carbons (Fsp3) is 0.214. The summed E-state index contributed by atoms with van der Waals surface area (Å²) in [5.74, 6) is 1.00. The van der Waals surface area contributed by atoms with Crippen LogP contribution in [0.5, 0.6) is 11.5 Å². The monoisotopic (exact) mass is 486 g/mol. The smallest absolute Gasteiger partial charge is 0.319 e. The lowest BCUT2D eigenvalue weighted by molar-refractivity contribution is 0.0947. The van der Waals surface area contributed by atoms with Crippen LogP contribution >= 0.6 is 0 Å². The normalized spacial score (nSPS) is 10.7. The molecule has 0 radical (unpaired) electrons. The first-order chi connectivity index (χ1) is 17.4. The van der Waals surface area contributed by atoms with Gasteiger partial charge in [-0.25, -0.2) is 4.79 Å².